The van der Waals surface area contributed by atoms with E-state index >= 15 is 0 Å². The van der Waals surface area contributed by atoms with Crippen LogP contribution in [0.1, 0.15) is 12.0 Å². The summed E-state index contributed by atoms with van der Waals surface area (Å²) in [7, 11) is 0. The van der Waals surface area contributed by atoms with Gasteiger partial charge in [-0.2, -0.15) is 0 Å². The van der Waals surface area contributed by atoms with Crippen LogP contribution >= 0.6 is 0 Å². The van der Waals surface area contributed by atoms with Gasteiger partial charge in [0.1, 0.15) is 0 Å². The zero-order chi connectivity index (χ0) is 36.6. The molecular formula is C54H39N. The van der Waals surface area contributed by atoms with E-state index in [-0.39, 0.29) is 6.04 Å². The third-order valence-electron chi connectivity index (χ3n) is 11.2. The van der Waals surface area contributed by atoms with E-state index in [0.29, 0.717) is 0 Å². The van der Waals surface area contributed by atoms with Gasteiger partial charge in [-0.1, -0.05) is 194 Å². The van der Waals surface area contributed by atoms with Gasteiger partial charge in [-0.05, 0) is 102 Å². The molecule has 0 aliphatic heterocycles. The number of nitrogens with zero attached hydrogens (tertiary/aromatic N) is 1. The third kappa shape index (κ3) is 6.10. The molecule has 1 atom stereocenters. The molecular weight excluding hydrogens is 663 g/mol. The van der Waals surface area contributed by atoms with Crippen molar-refractivity contribution in [1.29, 1.82) is 0 Å². The van der Waals surface area contributed by atoms with Crippen LogP contribution in [0, 0.1) is 0 Å². The molecule has 0 radical (unpaired) electrons. The minimum absolute atomic E-state index is 0.0780. The number of hydrogen-bond donors (Lipinski definition) is 0. The Bertz CT molecular complexity index is 2850. The van der Waals surface area contributed by atoms with Crippen LogP contribution in [0.3, 0.4) is 0 Å². The molecule has 0 N–H and O–H groups in total. The molecule has 0 bridgehead atoms. The van der Waals surface area contributed by atoms with Crippen molar-refractivity contribution in [1.82, 2.24) is 0 Å². The lowest BCUT2D eigenvalue weighted by Crippen LogP contribution is -2.31. The molecule has 1 heteroatoms. The van der Waals surface area contributed by atoms with E-state index in [0.717, 1.165) is 6.42 Å². The molecule has 260 valence electrons. The fraction of sp³-hybridized carbons (Fsp3) is 0.0370. The molecule has 0 spiro atoms. The fourth-order valence-electron chi connectivity index (χ4n) is 8.53. The van der Waals surface area contributed by atoms with Gasteiger partial charge in [0.25, 0.3) is 0 Å². The highest BCUT2D eigenvalue weighted by atomic mass is 15.2. The molecule has 0 amide bonds. The highest BCUT2D eigenvalue weighted by Crippen LogP contribution is 2.43. The van der Waals surface area contributed by atoms with Crippen LogP contribution in [0.4, 0.5) is 11.4 Å². The van der Waals surface area contributed by atoms with E-state index in [2.05, 4.69) is 223 Å². The Morgan fingerprint density at radius 3 is 1.65 bits per heavy atom. The van der Waals surface area contributed by atoms with E-state index < -0.39 is 0 Å². The Labute approximate surface area is 322 Å². The fourth-order valence-corrected chi connectivity index (χ4v) is 8.53. The van der Waals surface area contributed by atoms with Crippen molar-refractivity contribution in [3.8, 4) is 33.4 Å². The molecule has 0 fully saturated rings. The van der Waals surface area contributed by atoms with Crippen LogP contribution in [0.25, 0.3) is 71.3 Å². The monoisotopic (exact) mass is 701 g/mol. The van der Waals surface area contributed by atoms with Gasteiger partial charge >= 0.3 is 0 Å². The Kier molecular flexibility index (Phi) is 8.39. The van der Waals surface area contributed by atoms with Gasteiger partial charge in [0.15, 0.2) is 0 Å². The van der Waals surface area contributed by atoms with Gasteiger partial charge in [-0.25, -0.2) is 0 Å². The van der Waals surface area contributed by atoms with E-state index in [1.165, 1.54) is 88.2 Å². The van der Waals surface area contributed by atoms with E-state index in [4.69, 9.17) is 0 Å². The maximum absolute atomic E-state index is 2.55. The zero-order valence-corrected chi connectivity index (χ0v) is 30.5. The van der Waals surface area contributed by atoms with Crippen LogP contribution in [0.15, 0.2) is 218 Å². The molecule has 1 aliphatic carbocycles. The molecule has 0 saturated heterocycles. The summed E-state index contributed by atoms with van der Waals surface area (Å²) in [4.78, 5) is 2.55. The minimum atomic E-state index is 0.0780. The second-order valence-electron chi connectivity index (χ2n) is 14.4. The van der Waals surface area contributed by atoms with Gasteiger partial charge in [0.2, 0.25) is 0 Å². The molecule has 9 aromatic rings. The molecule has 10 rings (SSSR count). The summed E-state index contributed by atoms with van der Waals surface area (Å²) in [5.74, 6) is 0. The maximum Gasteiger partial charge on any atom is 0.0566 e. The molecule has 1 nitrogen and oxygen atoms in total. The zero-order valence-electron chi connectivity index (χ0n) is 30.5. The van der Waals surface area contributed by atoms with Crippen LogP contribution in [-0.2, 0) is 0 Å². The molecule has 1 aliphatic rings. The summed E-state index contributed by atoms with van der Waals surface area (Å²) in [6.07, 6.45) is 7.84. The number of para-hydroxylation sites is 1. The first-order chi connectivity index (χ1) is 27.3. The molecule has 9 aromatic carbocycles. The van der Waals surface area contributed by atoms with Crippen molar-refractivity contribution in [2.75, 3.05) is 4.90 Å². The minimum Gasteiger partial charge on any atom is -0.334 e. The lowest BCUT2D eigenvalue weighted by molar-refractivity contribution is 0.797. The first-order valence-corrected chi connectivity index (χ1v) is 19.2. The van der Waals surface area contributed by atoms with Gasteiger partial charge in [0.05, 0.1) is 6.04 Å². The van der Waals surface area contributed by atoms with Crippen LogP contribution < -0.4 is 4.90 Å². The lowest BCUT2D eigenvalue weighted by Gasteiger charge is -2.36. The number of hydrogen-bond acceptors (Lipinski definition) is 1. The summed E-state index contributed by atoms with van der Waals surface area (Å²) < 4.78 is 0. The van der Waals surface area contributed by atoms with Crippen LogP contribution in [-0.4, -0.2) is 6.04 Å². The lowest BCUT2D eigenvalue weighted by atomic mass is 9.86. The van der Waals surface area contributed by atoms with Gasteiger partial charge in [-0.15, -0.1) is 0 Å². The second kappa shape index (κ2) is 14.1. The largest absolute Gasteiger partial charge is 0.334 e. The summed E-state index contributed by atoms with van der Waals surface area (Å²) in [6, 6.07) is 73.1. The van der Waals surface area contributed by atoms with Gasteiger partial charge < -0.3 is 4.90 Å². The topological polar surface area (TPSA) is 3.24 Å². The van der Waals surface area contributed by atoms with Crippen LogP contribution in [0.2, 0.25) is 0 Å². The van der Waals surface area contributed by atoms with E-state index in [1.807, 2.05) is 0 Å². The molecule has 0 heterocycles. The van der Waals surface area contributed by atoms with Gasteiger partial charge in [-0.3, -0.25) is 0 Å². The van der Waals surface area contributed by atoms with Crippen molar-refractivity contribution in [2.45, 2.75) is 12.5 Å². The smallest absolute Gasteiger partial charge is 0.0566 e. The molecule has 0 saturated carbocycles. The van der Waals surface area contributed by atoms with Crippen molar-refractivity contribution in [3.05, 3.63) is 224 Å². The van der Waals surface area contributed by atoms with Crippen molar-refractivity contribution in [3.63, 3.8) is 0 Å². The summed E-state index contributed by atoms with van der Waals surface area (Å²) in [5, 5.41) is 7.77. The highest BCUT2D eigenvalue weighted by molar-refractivity contribution is 6.22. The van der Waals surface area contributed by atoms with Gasteiger partial charge in [0, 0.05) is 16.9 Å². The number of rotatable bonds is 7. The second-order valence-corrected chi connectivity index (χ2v) is 14.4. The summed E-state index contributed by atoms with van der Waals surface area (Å²) >= 11 is 0. The molecule has 55 heavy (non-hydrogen) atoms. The molecule has 1 unspecified atom stereocenters. The first-order valence-electron chi connectivity index (χ1n) is 19.2. The quantitative estimate of drug-likeness (QED) is 0.150. The SMILES string of the molecule is C1=CC(N(c2ccc(-c3ccccc3)cc2)c2ccccc2-c2ccc(-c3ccccc3)cc2)CC(c2cc3ccccc3c3c2ccc2ccccc23)=C1. The highest BCUT2D eigenvalue weighted by Gasteiger charge is 2.26. The Morgan fingerprint density at radius 1 is 0.400 bits per heavy atom. The number of fused-ring (bicyclic) bond motifs is 5. The molecule has 0 aromatic heterocycles. The predicted molar refractivity (Wildman–Crippen MR) is 236 cm³/mol. The Hall–Kier alpha value is -6.96. The Morgan fingerprint density at radius 2 is 0.945 bits per heavy atom. The third-order valence-corrected chi connectivity index (χ3v) is 11.2. The van der Waals surface area contributed by atoms with E-state index in [9.17, 15) is 0 Å². The van der Waals surface area contributed by atoms with E-state index in [1.54, 1.807) is 0 Å². The average Bonchev–Trinajstić information content (AvgIpc) is 3.27. The number of benzene rings is 9. The van der Waals surface area contributed by atoms with Crippen molar-refractivity contribution < 1.29 is 0 Å². The number of anilines is 2. The van der Waals surface area contributed by atoms with Crippen LogP contribution in [0.5, 0.6) is 0 Å². The average molecular weight is 702 g/mol. The Balaban J connectivity index is 1.09. The van der Waals surface area contributed by atoms with Crippen molar-refractivity contribution >= 4 is 49.3 Å². The normalized spacial score (nSPS) is 14.0. The maximum atomic E-state index is 2.55. The number of allylic oxidation sites excluding steroid dienone is 2. The predicted octanol–water partition coefficient (Wildman–Crippen LogP) is 14.7. The first kappa shape index (κ1) is 32.7. The standard InChI is InChI=1S/C54H39N/c1-3-14-38(15-4-1)40-26-28-43(29-27-40)48-22-11-12-25-53(48)55(46-33-30-41(31-34-46)39-16-5-2-6-17-39)47-21-13-20-44(36-47)52-37-45-19-8-10-24-50(45)54-49-23-9-7-18-42(49)32-35-51(52)54/h1-35,37,47H,36H2. The summed E-state index contributed by atoms with van der Waals surface area (Å²) in [6.45, 7) is 0. The summed E-state index contributed by atoms with van der Waals surface area (Å²) in [5.41, 5.74) is 12.3. The van der Waals surface area contributed by atoms with Crippen molar-refractivity contribution in [2.24, 2.45) is 0 Å².